The number of amides is 1. The normalized spacial score (nSPS) is 10.3. The van der Waals surface area contributed by atoms with Crippen LogP contribution in [0.25, 0.3) is 0 Å². The maximum atomic E-state index is 13.7. The minimum Gasteiger partial charge on any atom is -0.382 e. The van der Waals surface area contributed by atoms with Gasteiger partial charge in [-0.15, -0.1) is 0 Å². The lowest BCUT2D eigenvalue weighted by Crippen LogP contribution is -2.31. The van der Waals surface area contributed by atoms with Crippen LogP contribution < -0.4 is 10.2 Å². The Labute approximate surface area is 153 Å². The van der Waals surface area contributed by atoms with Gasteiger partial charge in [0, 0.05) is 18.7 Å². The van der Waals surface area contributed by atoms with E-state index in [-0.39, 0.29) is 18.1 Å². The lowest BCUT2D eigenvalue weighted by Gasteiger charge is -2.23. The van der Waals surface area contributed by atoms with Crippen molar-refractivity contribution < 1.29 is 9.18 Å². The summed E-state index contributed by atoms with van der Waals surface area (Å²) in [7, 11) is 0. The highest BCUT2D eigenvalue weighted by Crippen LogP contribution is 2.18. The molecule has 1 amide bonds. The molecule has 0 aliphatic carbocycles. The van der Waals surface area contributed by atoms with Crippen LogP contribution in [0.5, 0.6) is 0 Å². The van der Waals surface area contributed by atoms with Crippen molar-refractivity contribution in [2.75, 3.05) is 16.8 Å². The molecule has 26 heavy (non-hydrogen) atoms. The third-order valence-corrected chi connectivity index (χ3v) is 4.08. The molecule has 4 heteroatoms. The monoisotopic (exact) mass is 348 g/mol. The van der Waals surface area contributed by atoms with Crippen LogP contribution in [0.1, 0.15) is 12.0 Å². The van der Waals surface area contributed by atoms with Crippen molar-refractivity contribution in [2.45, 2.75) is 13.0 Å². The number of nitrogens with one attached hydrogen (secondary N) is 1. The Bertz CT molecular complexity index is 837. The molecule has 1 N–H and O–H groups in total. The zero-order valence-corrected chi connectivity index (χ0v) is 14.4. The molecule has 0 aromatic heterocycles. The van der Waals surface area contributed by atoms with Gasteiger partial charge in [0.25, 0.3) is 0 Å². The number of halogens is 1. The number of hydrogen-bond donors (Lipinski definition) is 1. The van der Waals surface area contributed by atoms with Gasteiger partial charge in [0.15, 0.2) is 0 Å². The standard InChI is InChI=1S/C22H21FN2O/c23-20-13-7-8-14-21(20)24-16-15-22(26)25(19-11-5-2-6-12-19)17-18-9-3-1-4-10-18/h1-14,24H,15-17H2. The highest BCUT2D eigenvalue weighted by atomic mass is 19.1. The third kappa shape index (κ3) is 4.70. The van der Waals surface area contributed by atoms with Gasteiger partial charge in [0.05, 0.1) is 12.2 Å². The summed E-state index contributed by atoms with van der Waals surface area (Å²) in [6, 6.07) is 25.9. The Morgan fingerprint density at radius 3 is 2.15 bits per heavy atom. The van der Waals surface area contributed by atoms with Crippen LogP contribution in [-0.4, -0.2) is 12.5 Å². The molecule has 3 aromatic rings. The summed E-state index contributed by atoms with van der Waals surface area (Å²) in [4.78, 5) is 14.6. The predicted octanol–water partition coefficient (Wildman–Crippen LogP) is 4.86. The van der Waals surface area contributed by atoms with E-state index in [9.17, 15) is 9.18 Å². The van der Waals surface area contributed by atoms with Gasteiger partial charge in [-0.2, -0.15) is 0 Å². The SMILES string of the molecule is O=C(CCNc1ccccc1F)N(Cc1ccccc1)c1ccccc1. The zero-order chi connectivity index (χ0) is 18.2. The first-order valence-electron chi connectivity index (χ1n) is 8.62. The first-order chi connectivity index (χ1) is 12.7. The molecule has 0 saturated heterocycles. The van der Waals surface area contributed by atoms with E-state index in [1.807, 2.05) is 60.7 Å². The van der Waals surface area contributed by atoms with Crippen molar-refractivity contribution in [3.05, 3.63) is 96.3 Å². The van der Waals surface area contributed by atoms with Crippen LogP contribution in [0.3, 0.4) is 0 Å². The van der Waals surface area contributed by atoms with Gasteiger partial charge in [0.1, 0.15) is 5.82 Å². The minimum atomic E-state index is -0.316. The molecule has 0 unspecified atom stereocenters. The molecule has 0 saturated carbocycles. The molecule has 0 bridgehead atoms. The number of para-hydroxylation sites is 2. The summed E-state index contributed by atoms with van der Waals surface area (Å²) in [6.45, 7) is 0.876. The van der Waals surface area contributed by atoms with E-state index in [1.165, 1.54) is 6.07 Å². The maximum Gasteiger partial charge on any atom is 0.229 e. The molecule has 0 spiro atoms. The molecular formula is C22H21FN2O. The molecule has 0 fully saturated rings. The van der Waals surface area contributed by atoms with Crippen molar-refractivity contribution in [2.24, 2.45) is 0 Å². The second-order valence-corrected chi connectivity index (χ2v) is 5.96. The molecule has 0 aliphatic rings. The molecule has 0 heterocycles. The van der Waals surface area contributed by atoms with Gasteiger partial charge < -0.3 is 10.2 Å². The second kappa shape index (κ2) is 8.81. The first kappa shape index (κ1) is 17.7. The Kier molecular flexibility index (Phi) is 5.99. The van der Waals surface area contributed by atoms with Crippen molar-refractivity contribution in [1.82, 2.24) is 0 Å². The number of hydrogen-bond acceptors (Lipinski definition) is 2. The van der Waals surface area contributed by atoms with Crippen molar-refractivity contribution in [1.29, 1.82) is 0 Å². The largest absolute Gasteiger partial charge is 0.382 e. The zero-order valence-electron chi connectivity index (χ0n) is 14.4. The summed E-state index contributed by atoms with van der Waals surface area (Å²) in [5, 5.41) is 2.99. The number of anilines is 2. The second-order valence-electron chi connectivity index (χ2n) is 5.96. The van der Waals surface area contributed by atoms with Crippen LogP contribution in [0.2, 0.25) is 0 Å². The van der Waals surface area contributed by atoms with E-state index in [0.29, 0.717) is 18.8 Å². The van der Waals surface area contributed by atoms with E-state index >= 15 is 0 Å². The quantitative estimate of drug-likeness (QED) is 0.661. The van der Waals surface area contributed by atoms with Crippen LogP contribution in [0.15, 0.2) is 84.9 Å². The molecule has 0 atom stereocenters. The van der Waals surface area contributed by atoms with E-state index in [4.69, 9.17) is 0 Å². The Morgan fingerprint density at radius 1 is 0.846 bits per heavy atom. The van der Waals surface area contributed by atoms with E-state index < -0.39 is 0 Å². The lowest BCUT2D eigenvalue weighted by molar-refractivity contribution is -0.118. The first-order valence-corrected chi connectivity index (χ1v) is 8.62. The van der Waals surface area contributed by atoms with Gasteiger partial charge in [-0.25, -0.2) is 4.39 Å². The average molecular weight is 348 g/mol. The van der Waals surface area contributed by atoms with Gasteiger partial charge >= 0.3 is 0 Å². The Hall–Kier alpha value is -3.14. The summed E-state index contributed by atoms with van der Waals surface area (Å²) in [6.07, 6.45) is 0.274. The predicted molar refractivity (Wildman–Crippen MR) is 104 cm³/mol. The number of nitrogens with zero attached hydrogens (tertiary/aromatic N) is 1. The number of benzene rings is 3. The van der Waals surface area contributed by atoms with Crippen LogP contribution in [0.4, 0.5) is 15.8 Å². The minimum absolute atomic E-state index is 0.0103. The Balaban J connectivity index is 1.68. The molecule has 3 nitrogen and oxygen atoms in total. The topological polar surface area (TPSA) is 32.3 Å². The van der Waals surface area contributed by atoms with Crippen molar-refractivity contribution in [3.8, 4) is 0 Å². The summed E-state index contributed by atoms with van der Waals surface area (Å²) in [5.41, 5.74) is 2.33. The van der Waals surface area contributed by atoms with Crippen molar-refractivity contribution >= 4 is 17.3 Å². The highest BCUT2D eigenvalue weighted by Gasteiger charge is 2.16. The molecule has 0 radical (unpaired) electrons. The van der Waals surface area contributed by atoms with Crippen LogP contribution in [0, 0.1) is 5.82 Å². The summed E-state index contributed by atoms with van der Waals surface area (Å²) >= 11 is 0. The number of carbonyl (C=O) groups is 1. The fraction of sp³-hybridized carbons (Fsp3) is 0.136. The van der Waals surface area contributed by atoms with E-state index in [0.717, 1.165) is 11.3 Å². The molecule has 132 valence electrons. The van der Waals surface area contributed by atoms with E-state index in [1.54, 1.807) is 23.1 Å². The fourth-order valence-electron chi connectivity index (χ4n) is 2.74. The van der Waals surface area contributed by atoms with Crippen molar-refractivity contribution in [3.63, 3.8) is 0 Å². The lowest BCUT2D eigenvalue weighted by atomic mass is 10.2. The summed E-state index contributed by atoms with van der Waals surface area (Å²) < 4.78 is 13.7. The van der Waals surface area contributed by atoms with Crippen LogP contribution in [-0.2, 0) is 11.3 Å². The smallest absolute Gasteiger partial charge is 0.229 e. The number of carbonyl (C=O) groups excluding carboxylic acids is 1. The highest BCUT2D eigenvalue weighted by molar-refractivity contribution is 5.93. The van der Waals surface area contributed by atoms with E-state index in [2.05, 4.69) is 5.32 Å². The summed E-state index contributed by atoms with van der Waals surface area (Å²) in [5.74, 6) is -0.326. The van der Waals surface area contributed by atoms with Gasteiger partial charge in [-0.3, -0.25) is 4.79 Å². The maximum absolute atomic E-state index is 13.7. The van der Waals surface area contributed by atoms with Gasteiger partial charge in [-0.05, 0) is 29.8 Å². The van der Waals surface area contributed by atoms with Gasteiger partial charge in [0.2, 0.25) is 5.91 Å². The fourth-order valence-corrected chi connectivity index (χ4v) is 2.74. The molecule has 3 rings (SSSR count). The molecule has 0 aliphatic heterocycles. The molecular weight excluding hydrogens is 327 g/mol. The molecule has 3 aromatic carbocycles. The average Bonchev–Trinajstić information content (AvgIpc) is 2.69. The number of rotatable bonds is 7. The third-order valence-electron chi connectivity index (χ3n) is 4.08. The van der Waals surface area contributed by atoms with Gasteiger partial charge in [-0.1, -0.05) is 60.7 Å². The Morgan fingerprint density at radius 2 is 1.46 bits per heavy atom. The van der Waals surface area contributed by atoms with Crippen LogP contribution >= 0.6 is 0 Å².